The van der Waals surface area contributed by atoms with Gasteiger partial charge in [0.2, 0.25) is 0 Å². The number of halogens is 2. The normalized spacial score (nSPS) is 19.1. The number of imidazole rings is 1. The molecule has 1 aliphatic heterocycles. The molecule has 5 unspecified atom stereocenters. The minimum atomic E-state index is -0.831. The number of amides is 2. The molecule has 12 heteroatoms. The molecule has 1 aliphatic rings. The molecule has 270 valence electrons. The Kier molecular flexibility index (Phi) is 12.3. The van der Waals surface area contributed by atoms with E-state index >= 15 is 0 Å². The Morgan fingerprint density at radius 3 is 2.29 bits per heavy atom. The quantitative estimate of drug-likeness (QED) is 0.114. The highest BCUT2D eigenvalue weighted by atomic mass is 35.5. The standard InChI is InChI=1S/C40H40Cl2N4O6/c1-25-34(22-46-24-44-36(41)37(46)42)51-39(52-35(25)29-16-14-27(23-47)15-17-29)32-13-7-12-31(20-32)30-11-6-10-28(18-30)21-43-40(49)45-33(38(48)50-2)19-26-8-4-3-5-9-26/h3-18,20,24-25,33-35,39,47H,19,21-23H2,1-2H3,(H2,43,45,49). The van der Waals surface area contributed by atoms with Crippen molar-refractivity contribution >= 4 is 35.2 Å². The lowest BCUT2D eigenvalue weighted by Crippen LogP contribution is -2.47. The lowest BCUT2D eigenvalue weighted by molar-refractivity contribution is -0.276. The lowest BCUT2D eigenvalue weighted by atomic mass is 9.90. The van der Waals surface area contributed by atoms with E-state index < -0.39 is 24.3 Å². The number of esters is 1. The van der Waals surface area contributed by atoms with E-state index in [1.165, 1.54) is 7.11 Å². The van der Waals surface area contributed by atoms with Crippen molar-refractivity contribution in [1.29, 1.82) is 0 Å². The van der Waals surface area contributed by atoms with Gasteiger partial charge in [-0.25, -0.2) is 14.6 Å². The number of hydrogen-bond donors (Lipinski definition) is 3. The van der Waals surface area contributed by atoms with Crippen LogP contribution in [0.25, 0.3) is 11.1 Å². The highest BCUT2D eigenvalue weighted by Gasteiger charge is 2.39. The maximum absolute atomic E-state index is 12.9. The van der Waals surface area contributed by atoms with Crippen LogP contribution in [0.5, 0.6) is 0 Å². The highest BCUT2D eigenvalue weighted by molar-refractivity contribution is 6.40. The van der Waals surface area contributed by atoms with Crippen molar-refractivity contribution in [2.24, 2.45) is 5.92 Å². The van der Waals surface area contributed by atoms with Gasteiger partial charge in [-0.15, -0.1) is 0 Å². The van der Waals surface area contributed by atoms with Crippen LogP contribution in [-0.4, -0.2) is 45.9 Å². The molecule has 10 nitrogen and oxygen atoms in total. The number of benzene rings is 4. The predicted molar refractivity (Wildman–Crippen MR) is 198 cm³/mol. The fourth-order valence-electron chi connectivity index (χ4n) is 6.29. The molecule has 0 radical (unpaired) electrons. The van der Waals surface area contributed by atoms with Gasteiger partial charge in [0.15, 0.2) is 11.4 Å². The monoisotopic (exact) mass is 742 g/mol. The third-order valence-electron chi connectivity index (χ3n) is 9.18. The summed E-state index contributed by atoms with van der Waals surface area (Å²) in [6.07, 6.45) is 0.589. The maximum atomic E-state index is 12.9. The molecule has 5 atom stereocenters. The molecule has 6 rings (SSSR count). The molecule has 0 bridgehead atoms. The lowest BCUT2D eigenvalue weighted by Gasteiger charge is -2.41. The number of hydrogen-bond acceptors (Lipinski definition) is 7. The van der Waals surface area contributed by atoms with Gasteiger partial charge < -0.3 is 34.5 Å². The van der Waals surface area contributed by atoms with Crippen LogP contribution in [0.2, 0.25) is 10.3 Å². The average Bonchev–Trinajstić information content (AvgIpc) is 3.50. The van der Waals surface area contributed by atoms with Crippen LogP contribution in [0, 0.1) is 5.92 Å². The summed E-state index contributed by atoms with van der Waals surface area (Å²) in [6.45, 7) is 2.69. The third-order valence-corrected chi connectivity index (χ3v) is 9.95. The second-order valence-electron chi connectivity index (χ2n) is 12.7. The van der Waals surface area contributed by atoms with E-state index in [1.807, 2.05) is 103 Å². The first-order chi connectivity index (χ1) is 25.2. The molecule has 2 heterocycles. The summed E-state index contributed by atoms with van der Waals surface area (Å²) in [4.78, 5) is 29.4. The topological polar surface area (TPSA) is 124 Å². The second kappa shape index (κ2) is 17.2. The summed E-state index contributed by atoms with van der Waals surface area (Å²) >= 11 is 12.6. The first-order valence-electron chi connectivity index (χ1n) is 16.9. The van der Waals surface area contributed by atoms with E-state index in [0.29, 0.717) is 18.1 Å². The van der Waals surface area contributed by atoms with Gasteiger partial charge in [-0.3, -0.25) is 0 Å². The number of methoxy groups -OCH3 is 1. The van der Waals surface area contributed by atoms with Crippen LogP contribution < -0.4 is 10.6 Å². The maximum Gasteiger partial charge on any atom is 0.328 e. The SMILES string of the molecule is COC(=O)C(Cc1ccccc1)NC(=O)NCc1cccc(-c2cccc(C3OC(Cn4cnc(Cl)c4Cl)C(C)C(c4ccc(CO)cc4)O3)c2)c1. The number of aliphatic hydroxyl groups excluding tert-OH is 1. The molecule has 4 aromatic carbocycles. The molecule has 52 heavy (non-hydrogen) atoms. The third kappa shape index (κ3) is 9.01. The molecule has 3 N–H and O–H groups in total. The van der Waals surface area contributed by atoms with Crippen molar-refractivity contribution < 1.29 is 28.9 Å². The van der Waals surface area contributed by atoms with Crippen molar-refractivity contribution in [3.05, 3.63) is 148 Å². The number of rotatable bonds is 12. The van der Waals surface area contributed by atoms with Crippen LogP contribution in [-0.2, 0) is 45.1 Å². The zero-order chi connectivity index (χ0) is 36.6. The fraction of sp³-hybridized carbons (Fsp3) is 0.275. The molecule has 1 saturated heterocycles. The van der Waals surface area contributed by atoms with E-state index in [1.54, 1.807) is 10.9 Å². The fourth-order valence-corrected chi connectivity index (χ4v) is 6.61. The Hall–Kier alpha value is -4.71. The number of carbonyl (C=O) groups excluding carboxylic acids is 2. The summed E-state index contributed by atoms with van der Waals surface area (Å²) in [5.41, 5.74) is 6.27. The first kappa shape index (κ1) is 37.1. The summed E-state index contributed by atoms with van der Waals surface area (Å²) in [5, 5.41) is 15.8. The molecule has 1 aromatic heterocycles. The van der Waals surface area contributed by atoms with Gasteiger partial charge in [0.05, 0.1) is 38.8 Å². The number of nitrogens with zero attached hydrogens (tertiary/aromatic N) is 2. The molecular weight excluding hydrogens is 703 g/mol. The van der Waals surface area contributed by atoms with Gasteiger partial charge in [0.1, 0.15) is 11.2 Å². The van der Waals surface area contributed by atoms with Gasteiger partial charge in [-0.1, -0.05) is 121 Å². The summed E-state index contributed by atoms with van der Waals surface area (Å²) < 4.78 is 20.0. The zero-order valence-electron chi connectivity index (χ0n) is 28.7. The minimum Gasteiger partial charge on any atom is -0.467 e. The smallest absolute Gasteiger partial charge is 0.328 e. The van der Waals surface area contributed by atoms with Gasteiger partial charge in [0.25, 0.3) is 0 Å². The van der Waals surface area contributed by atoms with Gasteiger partial charge >= 0.3 is 12.0 Å². The number of aliphatic hydroxyl groups is 1. The Labute approximate surface area is 312 Å². The Morgan fingerprint density at radius 1 is 0.885 bits per heavy atom. The van der Waals surface area contributed by atoms with Gasteiger partial charge in [-0.2, -0.15) is 0 Å². The van der Waals surface area contributed by atoms with Gasteiger partial charge in [0, 0.05) is 24.4 Å². The minimum absolute atomic E-state index is 0.0442. The highest BCUT2D eigenvalue weighted by Crippen LogP contribution is 2.43. The molecule has 0 spiro atoms. The van der Waals surface area contributed by atoms with Crippen molar-refractivity contribution in [2.75, 3.05) is 7.11 Å². The van der Waals surface area contributed by atoms with Crippen molar-refractivity contribution in [1.82, 2.24) is 20.2 Å². The summed E-state index contributed by atoms with van der Waals surface area (Å²) in [6, 6.07) is 31.7. The number of aromatic nitrogens is 2. The second-order valence-corrected chi connectivity index (χ2v) is 13.4. The van der Waals surface area contributed by atoms with E-state index in [4.69, 9.17) is 37.4 Å². The van der Waals surface area contributed by atoms with Crippen molar-refractivity contribution in [3.8, 4) is 11.1 Å². The summed E-state index contributed by atoms with van der Waals surface area (Å²) in [5.74, 6) is -0.590. The van der Waals surface area contributed by atoms with E-state index in [9.17, 15) is 14.7 Å². The zero-order valence-corrected chi connectivity index (χ0v) is 30.3. The van der Waals surface area contributed by atoms with Crippen molar-refractivity contribution in [3.63, 3.8) is 0 Å². The number of nitrogens with one attached hydrogen (secondary N) is 2. The number of urea groups is 1. The molecule has 2 amide bonds. The molecule has 5 aromatic rings. The van der Waals surface area contributed by atoms with E-state index in [2.05, 4.69) is 22.5 Å². The van der Waals surface area contributed by atoms with E-state index in [-0.39, 0.29) is 36.4 Å². The average molecular weight is 744 g/mol. The Balaban J connectivity index is 1.17. The van der Waals surface area contributed by atoms with Crippen LogP contribution in [0.3, 0.4) is 0 Å². The van der Waals surface area contributed by atoms with Crippen LogP contribution in [0.15, 0.2) is 109 Å². The van der Waals surface area contributed by atoms with Crippen molar-refractivity contribution in [2.45, 2.75) is 57.6 Å². The summed E-state index contributed by atoms with van der Waals surface area (Å²) in [7, 11) is 1.30. The first-order valence-corrected chi connectivity index (χ1v) is 17.7. The number of carbonyl (C=O) groups is 2. The largest absolute Gasteiger partial charge is 0.467 e. The Morgan fingerprint density at radius 2 is 1.60 bits per heavy atom. The van der Waals surface area contributed by atoms with Crippen LogP contribution in [0.1, 0.15) is 47.1 Å². The van der Waals surface area contributed by atoms with E-state index in [0.717, 1.165) is 38.9 Å². The number of ether oxygens (including phenoxy) is 3. The molecular formula is C40H40Cl2N4O6. The van der Waals surface area contributed by atoms with Crippen LogP contribution >= 0.6 is 23.2 Å². The van der Waals surface area contributed by atoms with Gasteiger partial charge in [-0.05, 0) is 45.5 Å². The molecule has 1 fully saturated rings. The molecule has 0 aliphatic carbocycles. The molecule has 0 saturated carbocycles. The Bertz CT molecular complexity index is 1970. The predicted octanol–water partition coefficient (Wildman–Crippen LogP) is 7.42. The van der Waals surface area contributed by atoms with Crippen LogP contribution in [0.4, 0.5) is 4.79 Å².